The molecule has 1 atom stereocenters. The minimum absolute atomic E-state index is 0.0829. The van der Waals surface area contributed by atoms with Gasteiger partial charge in [0.05, 0.1) is 35.9 Å². The molecule has 0 spiro atoms. The van der Waals surface area contributed by atoms with Crippen LogP contribution < -0.4 is 24.8 Å². The van der Waals surface area contributed by atoms with Crippen molar-refractivity contribution >= 4 is 15.7 Å². The van der Waals surface area contributed by atoms with Crippen LogP contribution in [-0.2, 0) is 16.4 Å². The second-order valence-corrected chi connectivity index (χ2v) is 11.1. The van der Waals surface area contributed by atoms with Gasteiger partial charge in [0, 0.05) is 23.9 Å². The highest BCUT2D eigenvalue weighted by Crippen LogP contribution is 2.36. The fourth-order valence-corrected chi connectivity index (χ4v) is 4.94. The van der Waals surface area contributed by atoms with Gasteiger partial charge in [-0.15, -0.1) is 0 Å². The number of rotatable bonds is 9. The number of methoxy groups -OCH3 is 1. The summed E-state index contributed by atoms with van der Waals surface area (Å²) in [6, 6.07) is 28.3. The van der Waals surface area contributed by atoms with E-state index in [9.17, 15) is 8.42 Å². The number of hydrogen-bond donors (Lipinski definition) is 3. The Hall–Kier alpha value is -4.43. The van der Waals surface area contributed by atoms with Crippen molar-refractivity contribution in [3.8, 4) is 28.8 Å². The molecule has 0 bridgehead atoms. The molecular formula is C31H33N5O4S. The van der Waals surface area contributed by atoms with Crippen molar-refractivity contribution in [2.75, 3.05) is 39.1 Å². The molecule has 1 aliphatic heterocycles. The van der Waals surface area contributed by atoms with Gasteiger partial charge in [0.25, 0.3) is 0 Å². The van der Waals surface area contributed by atoms with Gasteiger partial charge in [-0.05, 0) is 62.0 Å². The Kier molecular flexibility index (Phi) is 10.3. The molecule has 0 fully saturated rings. The summed E-state index contributed by atoms with van der Waals surface area (Å²) >= 11 is 0. The summed E-state index contributed by atoms with van der Waals surface area (Å²) in [6.07, 6.45) is 2.42. The van der Waals surface area contributed by atoms with Crippen LogP contribution in [0, 0.1) is 11.3 Å². The topological polar surface area (TPSA) is 125 Å². The number of sulfonamides is 1. The first kappa shape index (κ1) is 29.6. The predicted molar refractivity (Wildman–Crippen MR) is 160 cm³/mol. The highest BCUT2D eigenvalue weighted by atomic mass is 32.2. The number of fused-ring (bicyclic) bond motifs is 1. The Bertz CT molecular complexity index is 1550. The highest BCUT2D eigenvalue weighted by molar-refractivity contribution is 7.89. The Morgan fingerprint density at radius 3 is 2.41 bits per heavy atom. The van der Waals surface area contributed by atoms with Crippen LogP contribution in [0.25, 0.3) is 11.1 Å². The molecule has 41 heavy (non-hydrogen) atoms. The van der Waals surface area contributed by atoms with Gasteiger partial charge in [0.2, 0.25) is 15.9 Å². The molecule has 2 heterocycles. The quantitative estimate of drug-likeness (QED) is 0.255. The fraction of sp³-hybridized carbons (Fsp3) is 0.226. The number of nitrogens with zero attached hydrogens (tertiary/aromatic N) is 2. The molecule has 1 aromatic heterocycles. The number of pyridine rings is 1. The van der Waals surface area contributed by atoms with E-state index in [2.05, 4.69) is 26.4 Å². The van der Waals surface area contributed by atoms with Crippen molar-refractivity contribution in [2.24, 2.45) is 0 Å². The van der Waals surface area contributed by atoms with Crippen molar-refractivity contribution in [1.82, 2.24) is 15.0 Å². The number of nitriles is 1. The van der Waals surface area contributed by atoms with Gasteiger partial charge in [-0.1, -0.05) is 48.5 Å². The summed E-state index contributed by atoms with van der Waals surface area (Å²) in [7, 11) is -0.683. The van der Waals surface area contributed by atoms with Crippen molar-refractivity contribution in [2.45, 2.75) is 17.4 Å². The molecule has 0 aliphatic carbocycles. The molecule has 9 nitrogen and oxygen atoms in total. The van der Waals surface area contributed by atoms with E-state index in [-0.39, 0.29) is 11.0 Å². The number of benzene rings is 3. The molecule has 0 radical (unpaired) electrons. The first-order valence-corrected chi connectivity index (χ1v) is 14.6. The molecular weight excluding hydrogens is 538 g/mol. The lowest BCUT2D eigenvalue weighted by molar-refractivity contribution is 0.194. The van der Waals surface area contributed by atoms with E-state index in [0.717, 1.165) is 18.7 Å². The summed E-state index contributed by atoms with van der Waals surface area (Å²) in [6.45, 7) is 2.05. The van der Waals surface area contributed by atoms with Gasteiger partial charge in [0.15, 0.2) is 0 Å². The lowest BCUT2D eigenvalue weighted by Crippen LogP contribution is -2.40. The molecule has 3 N–H and O–H groups in total. The molecule has 1 unspecified atom stereocenters. The van der Waals surface area contributed by atoms with Crippen molar-refractivity contribution in [3.05, 3.63) is 102 Å². The van der Waals surface area contributed by atoms with Gasteiger partial charge in [-0.3, -0.25) is 0 Å². The monoisotopic (exact) mass is 571 g/mol. The molecule has 212 valence electrons. The van der Waals surface area contributed by atoms with E-state index in [1.54, 1.807) is 18.3 Å². The van der Waals surface area contributed by atoms with Gasteiger partial charge >= 0.3 is 0 Å². The molecule has 0 amide bonds. The lowest BCUT2D eigenvalue weighted by atomic mass is 10.1. The normalized spacial score (nSPS) is 13.8. The molecule has 3 aromatic carbocycles. The second-order valence-electron chi connectivity index (χ2n) is 9.18. The Labute approximate surface area is 241 Å². The molecule has 0 saturated carbocycles. The number of ether oxygens (including phenoxy) is 2. The zero-order chi connectivity index (χ0) is 29.1. The van der Waals surface area contributed by atoms with Crippen molar-refractivity contribution in [3.63, 3.8) is 0 Å². The van der Waals surface area contributed by atoms with E-state index in [4.69, 9.17) is 14.7 Å². The summed E-state index contributed by atoms with van der Waals surface area (Å²) in [5.41, 5.74) is 3.89. The largest absolute Gasteiger partial charge is 0.496 e. The standard InChI is InChI=1S/C25H27N5O4S.C6H6/c1-27-35(31,32)21-7-8-24(33-2)22(12-21)19-11-23-25(30-14-19)34-20(16-29-23)15-28-10-9-17-3-5-18(13-26)6-4-17;1-2-4-6-5-3-1/h3-8,11-12,14,20,27-29H,9-10,15-16H2,1-2H3;1-6H. The van der Waals surface area contributed by atoms with Crippen LogP contribution in [0.2, 0.25) is 0 Å². The van der Waals surface area contributed by atoms with Crippen LogP contribution in [-0.4, -0.2) is 53.3 Å². The minimum atomic E-state index is -3.60. The smallest absolute Gasteiger partial charge is 0.240 e. The number of nitrogens with one attached hydrogen (secondary N) is 3. The third kappa shape index (κ3) is 8.05. The zero-order valence-electron chi connectivity index (χ0n) is 23.0. The molecule has 0 saturated heterocycles. The average molecular weight is 572 g/mol. The Morgan fingerprint density at radius 1 is 1.07 bits per heavy atom. The highest BCUT2D eigenvalue weighted by Gasteiger charge is 2.22. The predicted octanol–water partition coefficient (Wildman–Crippen LogP) is 4.23. The lowest BCUT2D eigenvalue weighted by Gasteiger charge is -2.27. The van der Waals surface area contributed by atoms with E-state index >= 15 is 0 Å². The SMILES string of the molecule is CNS(=O)(=O)c1ccc(OC)c(-c2cnc3c(c2)NCC(CNCCc2ccc(C#N)cc2)O3)c1.c1ccccc1. The summed E-state index contributed by atoms with van der Waals surface area (Å²) in [4.78, 5) is 4.61. The first-order valence-electron chi connectivity index (χ1n) is 13.2. The average Bonchev–Trinajstić information content (AvgIpc) is 3.04. The molecule has 1 aliphatic rings. The van der Waals surface area contributed by atoms with E-state index in [1.165, 1.54) is 25.8 Å². The summed E-state index contributed by atoms with van der Waals surface area (Å²) in [5, 5.41) is 15.6. The third-order valence-electron chi connectivity index (χ3n) is 6.42. The van der Waals surface area contributed by atoms with Crippen LogP contribution in [0.15, 0.2) is 96.0 Å². The zero-order valence-corrected chi connectivity index (χ0v) is 23.8. The summed E-state index contributed by atoms with van der Waals surface area (Å²) < 4.78 is 38.3. The maximum absolute atomic E-state index is 12.3. The van der Waals surface area contributed by atoms with Crippen LogP contribution in [0.1, 0.15) is 11.1 Å². The summed E-state index contributed by atoms with van der Waals surface area (Å²) in [5.74, 6) is 1.04. The second kappa shape index (κ2) is 14.3. The number of aromatic nitrogens is 1. The molecule has 5 rings (SSSR count). The van der Waals surface area contributed by atoms with Gasteiger partial charge in [0.1, 0.15) is 11.9 Å². The number of anilines is 1. The van der Waals surface area contributed by atoms with Gasteiger partial charge in [-0.2, -0.15) is 5.26 Å². The van der Waals surface area contributed by atoms with Crippen LogP contribution in [0.5, 0.6) is 11.6 Å². The fourth-order valence-electron chi connectivity index (χ4n) is 4.18. The maximum Gasteiger partial charge on any atom is 0.240 e. The van der Waals surface area contributed by atoms with E-state index in [1.807, 2.05) is 66.7 Å². The van der Waals surface area contributed by atoms with Crippen LogP contribution >= 0.6 is 0 Å². The first-order chi connectivity index (χ1) is 19.9. The van der Waals surface area contributed by atoms with Gasteiger partial charge in [-0.25, -0.2) is 18.1 Å². The minimum Gasteiger partial charge on any atom is -0.496 e. The van der Waals surface area contributed by atoms with Crippen molar-refractivity contribution < 1.29 is 17.9 Å². The van der Waals surface area contributed by atoms with Gasteiger partial charge < -0.3 is 20.1 Å². The van der Waals surface area contributed by atoms with E-state index in [0.29, 0.717) is 41.4 Å². The third-order valence-corrected chi connectivity index (χ3v) is 7.83. The van der Waals surface area contributed by atoms with Crippen LogP contribution in [0.4, 0.5) is 5.69 Å². The Balaban J connectivity index is 0.000000572. The van der Waals surface area contributed by atoms with Crippen molar-refractivity contribution in [1.29, 1.82) is 5.26 Å². The number of hydrogen-bond acceptors (Lipinski definition) is 8. The molecule has 4 aromatic rings. The van der Waals surface area contributed by atoms with E-state index < -0.39 is 10.0 Å². The molecule has 10 heteroatoms. The van der Waals surface area contributed by atoms with Crippen LogP contribution in [0.3, 0.4) is 0 Å². The maximum atomic E-state index is 12.3. The Morgan fingerprint density at radius 2 is 1.78 bits per heavy atom.